The fraction of sp³-hybridized carbons (Fsp3) is 0.600. The lowest BCUT2D eigenvalue weighted by atomic mass is 9.75. The van der Waals surface area contributed by atoms with Crippen LogP contribution in [0.1, 0.15) is 24.8 Å². The number of alkyl halides is 2. The summed E-state index contributed by atoms with van der Waals surface area (Å²) in [4.78, 5) is 0. The maximum Gasteiger partial charge on any atom is 0.0468 e. The largest absolute Gasteiger partial charge is 0.381 e. The molecule has 0 radical (unpaired) electrons. The van der Waals surface area contributed by atoms with Crippen LogP contribution in [0, 0.1) is 5.92 Å². The molecule has 2 rings (SSSR count). The van der Waals surface area contributed by atoms with Gasteiger partial charge in [-0.3, -0.25) is 0 Å². The molecule has 0 N–H and O–H groups in total. The Morgan fingerprint density at radius 1 is 1.11 bits per heavy atom. The zero-order valence-corrected chi connectivity index (χ0v) is 14.0. The van der Waals surface area contributed by atoms with Gasteiger partial charge in [-0.2, -0.15) is 0 Å². The molecule has 0 unspecified atom stereocenters. The molecule has 1 nitrogen and oxygen atoms in total. The van der Waals surface area contributed by atoms with Crippen molar-refractivity contribution in [3.05, 3.63) is 34.3 Å². The second-order valence-corrected chi connectivity index (χ2v) is 6.76. The van der Waals surface area contributed by atoms with Crippen molar-refractivity contribution in [3.8, 4) is 0 Å². The normalized spacial score (nSPS) is 17.6. The second-order valence-electron chi connectivity index (χ2n) is 5.31. The highest BCUT2D eigenvalue weighted by Crippen LogP contribution is 2.37. The predicted octanol–water partition coefficient (Wildman–Crippen LogP) is 4.98. The van der Waals surface area contributed by atoms with Crippen LogP contribution in [0.5, 0.6) is 0 Å². The first-order valence-corrected chi connectivity index (χ1v) is 8.52. The summed E-state index contributed by atoms with van der Waals surface area (Å²) >= 11 is 16.1. The molecule has 1 aliphatic heterocycles. The average molecular weight is 366 g/mol. The summed E-state index contributed by atoms with van der Waals surface area (Å²) in [5.41, 5.74) is 1.12. The maximum absolute atomic E-state index is 6.29. The summed E-state index contributed by atoms with van der Waals surface area (Å²) in [5.74, 6) is 1.79. The Labute approximate surface area is 133 Å². The Kier molecular flexibility index (Phi) is 6.01. The summed E-state index contributed by atoms with van der Waals surface area (Å²) < 4.78 is 6.51. The molecule has 1 aromatic rings. The van der Waals surface area contributed by atoms with Gasteiger partial charge in [0.1, 0.15) is 0 Å². The van der Waals surface area contributed by atoms with Gasteiger partial charge in [0.25, 0.3) is 0 Å². The first kappa shape index (κ1) is 15.6. The Hall–Kier alpha value is 0.240. The number of hydrogen-bond acceptors (Lipinski definition) is 1. The van der Waals surface area contributed by atoms with Crippen LogP contribution in [0.4, 0.5) is 0 Å². The zero-order chi connectivity index (χ0) is 13.7. The number of hydrogen-bond donors (Lipinski definition) is 0. The highest BCUT2D eigenvalue weighted by atomic mass is 79.9. The third-order valence-corrected chi connectivity index (χ3v) is 5.54. The van der Waals surface area contributed by atoms with Crippen LogP contribution in [-0.4, -0.2) is 25.0 Å². The van der Waals surface area contributed by atoms with Gasteiger partial charge in [-0.1, -0.05) is 28.1 Å². The van der Waals surface area contributed by atoms with Gasteiger partial charge in [0.2, 0.25) is 0 Å². The van der Waals surface area contributed by atoms with Crippen molar-refractivity contribution in [2.75, 3.05) is 25.0 Å². The number of ether oxygens (including phenoxy) is 1. The zero-order valence-electron chi connectivity index (χ0n) is 10.9. The van der Waals surface area contributed by atoms with Crippen molar-refractivity contribution in [3.63, 3.8) is 0 Å². The molecule has 0 aliphatic carbocycles. The quantitative estimate of drug-likeness (QED) is 0.668. The molecule has 19 heavy (non-hydrogen) atoms. The van der Waals surface area contributed by atoms with E-state index in [2.05, 4.69) is 40.2 Å². The van der Waals surface area contributed by atoms with Crippen LogP contribution < -0.4 is 0 Å². The van der Waals surface area contributed by atoms with E-state index in [1.165, 1.54) is 5.56 Å². The maximum atomic E-state index is 6.29. The van der Waals surface area contributed by atoms with E-state index in [-0.39, 0.29) is 5.41 Å². The molecule has 1 aromatic carbocycles. The lowest BCUT2D eigenvalue weighted by molar-refractivity contribution is 0.0581. The van der Waals surface area contributed by atoms with E-state index >= 15 is 0 Å². The Morgan fingerprint density at radius 2 is 1.68 bits per heavy atom. The number of benzene rings is 1. The van der Waals surface area contributed by atoms with Gasteiger partial charge in [-0.05, 0) is 42.9 Å². The van der Waals surface area contributed by atoms with E-state index in [1.54, 1.807) is 0 Å². The SMILES string of the molecule is ClCC(CCl)(CC1CCOCC1)c1ccc(Br)cc1. The van der Waals surface area contributed by atoms with Crippen LogP contribution in [0.25, 0.3) is 0 Å². The lowest BCUT2D eigenvalue weighted by Crippen LogP contribution is -2.35. The lowest BCUT2D eigenvalue weighted by Gasteiger charge is -2.35. The van der Waals surface area contributed by atoms with Gasteiger partial charge in [-0.25, -0.2) is 0 Å². The predicted molar refractivity (Wildman–Crippen MR) is 85.4 cm³/mol. The molecular weight excluding hydrogens is 347 g/mol. The third-order valence-electron chi connectivity index (χ3n) is 3.99. The number of rotatable bonds is 5. The van der Waals surface area contributed by atoms with Crippen LogP contribution in [-0.2, 0) is 10.2 Å². The van der Waals surface area contributed by atoms with Crippen molar-refractivity contribution in [1.29, 1.82) is 0 Å². The molecule has 1 heterocycles. The first-order chi connectivity index (χ1) is 9.20. The summed E-state index contributed by atoms with van der Waals surface area (Å²) in [5, 5.41) is 0. The second kappa shape index (κ2) is 7.31. The molecule has 0 atom stereocenters. The minimum absolute atomic E-state index is 0.119. The van der Waals surface area contributed by atoms with Gasteiger partial charge in [0.15, 0.2) is 0 Å². The minimum Gasteiger partial charge on any atom is -0.381 e. The molecule has 0 spiro atoms. The summed E-state index contributed by atoms with van der Waals surface area (Å²) in [7, 11) is 0. The smallest absolute Gasteiger partial charge is 0.0468 e. The van der Waals surface area contributed by atoms with Gasteiger partial charge in [0.05, 0.1) is 0 Å². The van der Waals surface area contributed by atoms with Crippen molar-refractivity contribution >= 4 is 39.1 Å². The summed E-state index contributed by atoms with van der Waals surface area (Å²) in [6.45, 7) is 1.73. The van der Waals surface area contributed by atoms with Crippen molar-refractivity contribution in [2.24, 2.45) is 5.92 Å². The van der Waals surface area contributed by atoms with Crippen LogP contribution in [0.15, 0.2) is 28.7 Å². The van der Waals surface area contributed by atoms with E-state index in [4.69, 9.17) is 27.9 Å². The van der Waals surface area contributed by atoms with Crippen molar-refractivity contribution < 1.29 is 4.74 Å². The average Bonchev–Trinajstić information content (AvgIpc) is 2.47. The number of halogens is 3. The fourth-order valence-electron chi connectivity index (χ4n) is 2.72. The molecule has 0 amide bonds. The minimum atomic E-state index is -0.119. The Bertz CT molecular complexity index is 384. The summed E-state index contributed by atoms with van der Waals surface area (Å²) in [6.07, 6.45) is 3.28. The van der Waals surface area contributed by atoms with E-state index in [0.717, 1.165) is 36.9 Å². The monoisotopic (exact) mass is 364 g/mol. The van der Waals surface area contributed by atoms with Gasteiger partial charge in [0, 0.05) is 34.9 Å². The molecule has 106 valence electrons. The highest BCUT2D eigenvalue weighted by Gasteiger charge is 2.34. The van der Waals surface area contributed by atoms with E-state index < -0.39 is 0 Å². The molecule has 1 aliphatic rings. The van der Waals surface area contributed by atoms with Gasteiger partial charge in [-0.15, -0.1) is 23.2 Å². The first-order valence-electron chi connectivity index (χ1n) is 6.66. The highest BCUT2D eigenvalue weighted by molar-refractivity contribution is 9.10. The van der Waals surface area contributed by atoms with Crippen molar-refractivity contribution in [1.82, 2.24) is 0 Å². The fourth-order valence-corrected chi connectivity index (χ4v) is 3.80. The summed E-state index contributed by atoms with van der Waals surface area (Å²) in [6, 6.07) is 8.39. The molecule has 1 saturated heterocycles. The van der Waals surface area contributed by atoms with Crippen LogP contribution in [0.2, 0.25) is 0 Å². The standard InChI is InChI=1S/C15H19BrCl2O/c16-14-3-1-13(2-4-14)15(10-17,11-18)9-12-5-7-19-8-6-12/h1-4,12H,5-11H2. The van der Waals surface area contributed by atoms with E-state index in [1.807, 2.05) is 0 Å². The molecule has 1 fully saturated rings. The van der Waals surface area contributed by atoms with Gasteiger partial charge < -0.3 is 4.74 Å². The third kappa shape index (κ3) is 3.87. The van der Waals surface area contributed by atoms with Crippen LogP contribution >= 0.6 is 39.1 Å². The Balaban J connectivity index is 2.18. The molecule has 0 bridgehead atoms. The molecule has 0 aromatic heterocycles. The van der Waals surface area contributed by atoms with E-state index in [0.29, 0.717) is 17.7 Å². The Morgan fingerprint density at radius 3 is 2.21 bits per heavy atom. The molecule has 4 heteroatoms. The van der Waals surface area contributed by atoms with Crippen molar-refractivity contribution in [2.45, 2.75) is 24.7 Å². The van der Waals surface area contributed by atoms with E-state index in [9.17, 15) is 0 Å². The van der Waals surface area contributed by atoms with Crippen LogP contribution in [0.3, 0.4) is 0 Å². The molecular formula is C15H19BrCl2O. The topological polar surface area (TPSA) is 9.23 Å². The van der Waals surface area contributed by atoms with Gasteiger partial charge >= 0.3 is 0 Å². The molecule has 0 saturated carbocycles.